The Labute approximate surface area is 128 Å². The molecular weight excluding hydrogens is 272 g/mol. The highest BCUT2D eigenvalue weighted by Gasteiger charge is 2.07. The van der Waals surface area contributed by atoms with Gasteiger partial charge in [0.25, 0.3) is 0 Å². The van der Waals surface area contributed by atoms with Gasteiger partial charge in [-0.3, -0.25) is 0 Å². The molecule has 0 radical (unpaired) electrons. The summed E-state index contributed by atoms with van der Waals surface area (Å²) in [7, 11) is 0. The minimum Gasteiger partial charge on any atom is -0.191 e. The van der Waals surface area contributed by atoms with Crippen molar-refractivity contribution in [1.82, 2.24) is 0 Å². The fraction of sp³-hybridized carbons (Fsp3) is 0. The smallest absolute Gasteiger partial charge is 0.172 e. The Kier molecular flexibility index (Phi) is 3.98. The summed E-state index contributed by atoms with van der Waals surface area (Å²) in [4.78, 5) is 0. The maximum atomic E-state index is 9.35. The lowest BCUT2D eigenvalue weighted by atomic mass is 10.0. The molecule has 0 saturated heterocycles. The number of hydrogen-bond donors (Lipinski definition) is 0. The summed E-state index contributed by atoms with van der Waals surface area (Å²) in [5.41, 5.74) is 1.70. The molecule has 0 amide bonds. The van der Waals surface area contributed by atoms with E-state index in [0.717, 1.165) is 16.3 Å². The average molecular weight is 284 g/mol. The van der Waals surface area contributed by atoms with Gasteiger partial charge in [0.2, 0.25) is 0 Å². The Morgan fingerprint density at radius 2 is 1.55 bits per heavy atom. The number of fused-ring (bicyclic) bond motifs is 1. The second-order valence-electron chi connectivity index (χ2n) is 4.61. The van der Waals surface area contributed by atoms with Crippen molar-refractivity contribution in [2.24, 2.45) is 15.4 Å². The summed E-state index contributed by atoms with van der Waals surface area (Å²) in [6, 6.07) is 25.0. The van der Waals surface area contributed by atoms with E-state index in [1.54, 1.807) is 0 Å². The molecule has 0 saturated carbocycles. The van der Waals surface area contributed by atoms with Crippen LogP contribution in [-0.4, -0.2) is 5.71 Å². The topological polar surface area (TPSA) is 60.9 Å². The molecule has 0 N–H and O–H groups in total. The molecular formula is C18H12N4. The molecule has 0 heterocycles. The van der Waals surface area contributed by atoms with Crippen molar-refractivity contribution in [1.29, 1.82) is 5.26 Å². The van der Waals surface area contributed by atoms with Gasteiger partial charge in [-0.1, -0.05) is 60.7 Å². The molecule has 0 atom stereocenters. The second kappa shape index (κ2) is 6.42. The lowest BCUT2D eigenvalue weighted by molar-refractivity contribution is 1.06. The van der Waals surface area contributed by atoms with Gasteiger partial charge >= 0.3 is 0 Å². The first kappa shape index (κ1) is 13.7. The van der Waals surface area contributed by atoms with Crippen molar-refractivity contribution >= 4 is 22.2 Å². The van der Waals surface area contributed by atoms with Crippen LogP contribution in [0, 0.1) is 11.3 Å². The van der Waals surface area contributed by atoms with Gasteiger partial charge in [-0.15, -0.1) is 10.2 Å². The van der Waals surface area contributed by atoms with Gasteiger partial charge in [-0.2, -0.15) is 5.26 Å². The van der Waals surface area contributed by atoms with Crippen molar-refractivity contribution in [3.63, 3.8) is 0 Å². The first-order valence-electron chi connectivity index (χ1n) is 6.80. The van der Waals surface area contributed by atoms with Crippen molar-refractivity contribution in [3.8, 4) is 6.07 Å². The Balaban J connectivity index is 1.98. The molecule has 4 nitrogen and oxygen atoms in total. The quantitative estimate of drug-likeness (QED) is 0.385. The van der Waals surface area contributed by atoms with Gasteiger partial charge in [0.1, 0.15) is 6.07 Å². The first-order valence-corrected chi connectivity index (χ1v) is 6.80. The van der Waals surface area contributed by atoms with Gasteiger partial charge in [0.15, 0.2) is 5.71 Å². The lowest BCUT2D eigenvalue weighted by Crippen LogP contribution is -1.97. The number of nitrogens with zero attached hydrogens (tertiary/aromatic N) is 4. The average Bonchev–Trinajstić information content (AvgIpc) is 2.59. The molecule has 0 bridgehead atoms. The van der Waals surface area contributed by atoms with Crippen LogP contribution in [0.4, 0.5) is 5.69 Å². The van der Waals surface area contributed by atoms with E-state index in [0.29, 0.717) is 5.69 Å². The Morgan fingerprint density at radius 3 is 2.36 bits per heavy atom. The van der Waals surface area contributed by atoms with Gasteiger partial charge in [0, 0.05) is 5.56 Å². The van der Waals surface area contributed by atoms with E-state index < -0.39 is 0 Å². The van der Waals surface area contributed by atoms with E-state index in [1.165, 1.54) is 0 Å². The fourth-order valence-electron chi connectivity index (χ4n) is 2.18. The zero-order valence-electron chi connectivity index (χ0n) is 11.7. The summed E-state index contributed by atoms with van der Waals surface area (Å²) in [6.07, 6.45) is 0. The van der Waals surface area contributed by atoms with Crippen LogP contribution in [0.15, 0.2) is 88.2 Å². The number of benzene rings is 3. The molecule has 104 valence electrons. The van der Waals surface area contributed by atoms with Crippen LogP contribution in [0.5, 0.6) is 0 Å². The van der Waals surface area contributed by atoms with Crippen LogP contribution < -0.4 is 0 Å². The van der Waals surface area contributed by atoms with Gasteiger partial charge in [0.05, 0.1) is 5.69 Å². The fourth-order valence-corrected chi connectivity index (χ4v) is 2.18. The number of hydrogen-bond acceptors (Lipinski definition) is 3. The van der Waals surface area contributed by atoms with Crippen LogP contribution in [0.1, 0.15) is 5.56 Å². The van der Waals surface area contributed by atoms with Crippen molar-refractivity contribution in [2.75, 3.05) is 0 Å². The first-order chi connectivity index (χ1) is 10.9. The van der Waals surface area contributed by atoms with Gasteiger partial charge in [-0.25, -0.2) is 0 Å². The van der Waals surface area contributed by atoms with Crippen molar-refractivity contribution < 1.29 is 0 Å². The molecule has 3 aromatic carbocycles. The van der Waals surface area contributed by atoms with Crippen molar-refractivity contribution in [2.45, 2.75) is 0 Å². The zero-order valence-corrected chi connectivity index (χ0v) is 11.7. The molecule has 22 heavy (non-hydrogen) atoms. The maximum absolute atomic E-state index is 9.35. The van der Waals surface area contributed by atoms with Crippen LogP contribution in [0.2, 0.25) is 0 Å². The highest BCUT2D eigenvalue weighted by Crippen LogP contribution is 2.19. The molecule has 0 aliphatic rings. The van der Waals surface area contributed by atoms with E-state index in [9.17, 15) is 5.26 Å². The Hall–Kier alpha value is -3.32. The summed E-state index contributed by atoms with van der Waals surface area (Å²) in [5, 5.41) is 23.1. The monoisotopic (exact) mass is 284 g/mol. The molecule has 3 rings (SSSR count). The highest BCUT2D eigenvalue weighted by molar-refractivity contribution is 6.18. The molecule has 0 aliphatic carbocycles. The minimum atomic E-state index is 0.247. The molecule has 0 unspecified atom stereocenters. The zero-order chi connectivity index (χ0) is 15.2. The normalized spacial score (nSPS) is 11.7. The second-order valence-corrected chi connectivity index (χ2v) is 4.61. The van der Waals surface area contributed by atoms with Crippen LogP contribution in [-0.2, 0) is 0 Å². The maximum Gasteiger partial charge on any atom is 0.172 e. The number of rotatable bonds is 3. The van der Waals surface area contributed by atoms with E-state index in [1.807, 2.05) is 72.8 Å². The van der Waals surface area contributed by atoms with Crippen LogP contribution in [0.3, 0.4) is 0 Å². The third-order valence-corrected chi connectivity index (χ3v) is 3.21. The standard InChI is InChI=1S/C18H12N4/c19-13-18(21-22-20-15-9-2-1-3-10-15)17-12-6-8-14-7-4-5-11-16(14)17/h1-12H/b21-18+,22-20?. The highest BCUT2D eigenvalue weighted by atomic mass is 15.4. The van der Waals surface area contributed by atoms with Gasteiger partial charge in [-0.05, 0) is 28.1 Å². The summed E-state index contributed by atoms with van der Waals surface area (Å²) in [6.45, 7) is 0. The SMILES string of the molecule is N#C/C(=N\N=Nc1ccccc1)c1cccc2ccccc12. The lowest BCUT2D eigenvalue weighted by Gasteiger charge is -2.02. The van der Waals surface area contributed by atoms with Gasteiger partial charge < -0.3 is 0 Å². The van der Waals surface area contributed by atoms with Crippen LogP contribution >= 0.6 is 0 Å². The summed E-state index contributed by atoms with van der Waals surface area (Å²) >= 11 is 0. The molecule has 4 heteroatoms. The van der Waals surface area contributed by atoms with E-state index in [2.05, 4.69) is 21.5 Å². The Morgan fingerprint density at radius 1 is 0.818 bits per heavy atom. The molecule has 0 spiro atoms. The largest absolute Gasteiger partial charge is 0.191 e. The summed E-state index contributed by atoms with van der Waals surface area (Å²) < 4.78 is 0. The molecule has 3 aromatic rings. The summed E-state index contributed by atoms with van der Waals surface area (Å²) in [5.74, 6) is 0. The van der Waals surface area contributed by atoms with Crippen LogP contribution in [0.25, 0.3) is 10.8 Å². The third-order valence-electron chi connectivity index (χ3n) is 3.21. The van der Waals surface area contributed by atoms with E-state index in [4.69, 9.17) is 0 Å². The molecule has 0 aromatic heterocycles. The molecule has 0 fully saturated rings. The molecule has 0 aliphatic heterocycles. The van der Waals surface area contributed by atoms with Crippen molar-refractivity contribution in [3.05, 3.63) is 78.4 Å². The van der Waals surface area contributed by atoms with E-state index >= 15 is 0 Å². The van der Waals surface area contributed by atoms with E-state index in [-0.39, 0.29) is 5.71 Å². The Bertz CT molecular complexity index is 884. The number of nitriles is 1. The third kappa shape index (κ3) is 2.89. The predicted molar refractivity (Wildman–Crippen MR) is 87.1 cm³/mol. The minimum absolute atomic E-state index is 0.247. The predicted octanol–water partition coefficient (Wildman–Crippen LogP) is 4.85.